The summed E-state index contributed by atoms with van der Waals surface area (Å²) in [5, 5.41) is 4.62. The van der Waals surface area contributed by atoms with E-state index in [-0.39, 0.29) is 12.3 Å². The van der Waals surface area contributed by atoms with Crippen molar-refractivity contribution in [2.24, 2.45) is 0 Å². The molecule has 0 aliphatic carbocycles. The van der Waals surface area contributed by atoms with Crippen molar-refractivity contribution in [2.45, 2.75) is 46.8 Å². The largest absolute Gasteiger partial charge is 0.490 e. The third-order valence-corrected chi connectivity index (χ3v) is 3.57. The molecule has 6 heteroatoms. The number of aryl methyl sites for hydroxylation is 2. The Balaban J connectivity index is 0.000000816. The van der Waals surface area contributed by atoms with Gasteiger partial charge < -0.3 is 4.74 Å². The topological polar surface area (TPSA) is 61.2 Å². The van der Waals surface area contributed by atoms with E-state index in [0.717, 1.165) is 40.1 Å². The Bertz CT molecular complexity index is 674. The van der Waals surface area contributed by atoms with Crippen molar-refractivity contribution in [2.75, 3.05) is 0 Å². The van der Waals surface area contributed by atoms with Gasteiger partial charge in [0, 0.05) is 16.6 Å². The van der Waals surface area contributed by atoms with E-state index in [1.165, 1.54) is 0 Å². The van der Waals surface area contributed by atoms with Crippen LogP contribution in [0.1, 0.15) is 33.4 Å². The maximum Gasteiger partial charge on any atom is 0.373 e. The highest BCUT2D eigenvalue weighted by Gasteiger charge is 2.14. The Hall–Kier alpha value is -1.91. The lowest BCUT2D eigenvalue weighted by molar-refractivity contribution is -0.191. The second-order valence-corrected chi connectivity index (χ2v) is 6.00. The van der Waals surface area contributed by atoms with Crippen LogP contribution in [0.3, 0.4) is 0 Å². The predicted molar refractivity (Wildman–Crippen MR) is 91.2 cm³/mol. The summed E-state index contributed by atoms with van der Waals surface area (Å²) in [5.74, 6) is 0.895. The molecule has 0 bridgehead atoms. The third-order valence-electron chi connectivity index (χ3n) is 3.07. The zero-order valence-electron chi connectivity index (χ0n) is 13.8. The van der Waals surface area contributed by atoms with E-state index in [2.05, 4.69) is 47.0 Å². The zero-order valence-corrected chi connectivity index (χ0v) is 15.4. The standard InChI is InChI=1S/C16H21BrN2O.CO2/c1-5-13-10-15(19(6-2)18-13)14-8-7-12(17)9-16(14)20-11(3)4;2-1-3/h7-11H,5-6H2,1-4H3;. The van der Waals surface area contributed by atoms with Gasteiger partial charge in [-0.05, 0) is 51.5 Å². The number of nitrogens with zero attached hydrogens (tertiary/aromatic N) is 2. The molecule has 0 aliphatic heterocycles. The first-order valence-electron chi connectivity index (χ1n) is 7.49. The fraction of sp³-hybridized carbons (Fsp3) is 0.412. The summed E-state index contributed by atoms with van der Waals surface area (Å²) in [5.41, 5.74) is 3.32. The van der Waals surface area contributed by atoms with Gasteiger partial charge in [0.2, 0.25) is 0 Å². The lowest BCUT2D eigenvalue weighted by Crippen LogP contribution is -2.07. The van der Waals surface area contributed by atoms with Gasteiger partial charge in [-0.25, -0.2) is 0 Å². The first-order valence-corrected chi connectivity index (χ1v) is 8.28. The molecule has 5 nitrogen and oxygen atoms in total. The van der Waals surface area contributed by atoms with Crippen LogP contribution in [0.4, 0.5) is 0 Å². The molecule has 0 atom stereocenters. The van der Waals surface area contributed by atoms with Crippen molar-refractivity contribution in [1.82, 2.24) is 9.78 Å². The van der Waals surface area contributed by atoms with E-state index in [1.54, 1.807) is 0 Å². The summed E-state index contributed by atoms with van der Waals surface area (Å²) in [7, 11) is 0. The molecule has 0 fully saturated rings. The monoisotopic (exact) mass is 380 g/mol. The fourth-order valence-electron chi connectivity index (χ4n) is 2.16. The minimum Gasteiger partial charge on any atom is -0.490 e. The Kier molecular flexibility index (Phi) is 7.72. The molecule has 0 radical (unpaired) electrons. The van der Waals surface area contributed by atoms with Gasteiger partial charge in [-0.1, -0.05) is 22.9 Å². The number of rotatable bonds is 5. The van der Waals surface area contributed by atoms with Crippen LogP contribution in [0, 0.1) is 0 Å². The molecule has 23 heavy (non-hydrogen) atoms. The first kappa shape index (κ1) is 19.1. The van der Waals surface area contributed by atoms with Crippen LogP contribution in [0.15, 0.2) is 28.7 Å². The molecule has 0 unspecified atom stereocenters. The van der Waals surface area contributed by atoms with Crippen molar-refractivity contribution in [3.63, 3.8) is 0 Å². The zero-order chi connectivity index (χ0) is 17.4. The van der Waals surface area contributed by atoms with Gasteiger partial charge >= 0.3 is 6.15 Å². The van der Waals surface area contributed by atoms with Crippen molar-refractivity contribution in [3.8, 4) is 17.0 Å². The number of carbonyl (C=O) groups excluding carboxylic acids is 2. The molecule has 2 rings (SSSR count). The van der Waals surface area contributed by atoms with Gasteiger partial charge in [0.05, 0.1) is 17.5 Å². The molecule has 124 valence electrons. The number of hydrogen-bond acceptors (Lipinski definition) is 4. The van der Waals surface area contributed by atoms with Gasteiger partial charge in [-0.3, -0.25) is 4.68 Å². The maximum absolute atomic E-state index is 8.12. The Labute approximate surface area is 144 Å². The Morgan fingerprint density at radius 2 is 1.91 bits per heavy atom. The van der Waals surface area contributed by atoms with Crippen LogP contribution < -0.4 is 4.74 Å². The molecular weight excluding hydrogens is 360 g/mol. The number of halogens is 1. The molecular formula is C17H21BrN2O3. The smallest absolute Gasteiger partial charge is 0.373 e. The summed E-state index contributed by atoms with van der Waals surface area (Å²) in [4.78, 5) is 16.2. The number of aromatic nitrogens is 2. The molecule has 1 heterocycles. The molecule has 2 aromatic rings. The molecule has 0 amide bonds. The van der Waals surface area contributed by atoms with Crippen LogP contribution in [0.2, 0.25) is 0 Å². The van der Waals surface area contributed by atoms with E-state index < -0.39 is 0 Å². The molecule has 0 saturated heterocycles. The summed E-state index contributed by atoms with van der Waals surface area (Å²) in [6.45, 7) is 9.17. The second kappa shape index (κ2) is 9.28. The van der Waals surface area contributed by atoms with Crippen molar-refractivity contribution in [1.29, 1.82) is 0 Å². The van der Waals surface area contributed by atoms with Gasteiger partial charge in [-0.15, -0.1) is 0 Å². The van der Waals surface area contributed by atoms with Gasteiger partial charge in [0.15, 0.2) is 0 Å². The molecule has 0 spiro atoms. The average molecular weight is 381 g/mol. The van der Waals surface area contributed by atoms with E-state index in [9.17, 15) is 0 Å². The van der Waals surface area contributed by atoms with E-state index in [1.807, 2.05) is 30.7 Å². The molecule has 0 aliphatic rings. The quantitative estimate of drug-likeness (QED) is 0.783. The molecule has 1 aromatic carbocycles. The number of benzene rings is 1. The van der Waals surface area contributed by atoms with Gasteiger partial charge in [-0.2, -0.15) is 14.7 Å². The average Bonchev–Trinajstić information content (AvgIpc) is 2.91. The molecule has 1 aromatic heterocycles. The Morgan fingerprint density at radius 1 is 1.26 bits per heavy atom. The van der Waals surface area contributed by atoms with Crippen LogP contribution in [0.5, 0.6) is 5.75 Å². The number of hydrogen-bond donors (Lipinski definition) is 0. The van der Waals surface area contributed by atoms with Crippen molar-refractivity contribution in [3.05, 3.63) is 34.4 Å². The second-order valence-electron chi connectivity index (χ2n) is 5.08. The minimum absolute atomic E-state index is 0.145. The van der Waals surface area contributed by atoms with E-state index >= 15 is 0 Å². The highest BCUT2D eigenvalue weighted by atomic mass is 79.9. The van der Waals surface area contributed by atoms with Gasteiger partial charge in [0.1, 0.15) is 5.75 Å². The van der Waals surface area contributed by atoms with Crippen LogP contribution in [-0.4, -0.2) is 22.0 Å². The highest BCUT2D eigenvalue weighted by molar-refractivity contribution is 9.10. The SMILES string of the molecule is CCc1cc(-c2ccc(Br)cc2OC(C)C)n(CC)n1.O=C=O. The summed E-state index contributed by atoms with van der Waals surface area (Å²) in [6.07, 6.45) is 1.34. The summed E-state index contributed by atoms with van der Waals surface area (Å²) >= 11 is 3.51. The minimum atomic E-state index is 0.145. The van der Waals surface area contributed by atoms with Crippen LogP contribution >= 0.6 is 15.9 Å². The molecule has 0 N–H and O–H groups in total. The fourth-order valence-corrected chi connectivity index (χ4v) is 2.50. The highest BCUT2D eigenvalue weighted by Crippen LogP contribution is 2.34. The molecule has 0 saturated carbocycles. The predicted octanol–water partition coefficient (Wildman–Crippen LogP) is 4.10. The van der Waals surface area contributed by atoms with Crippen LogP contribution in [0.25, 0.3) is 11.3 Å². The van der Waals surface area contributed by atoms with Gasteiger partial charge in [0.25, 0.3) is 0 Å². The van der Waals surface area contributed by atoms with E-state index in [0.29, 0.717) is 0 Å². The van der Waals surface area contributed by atoms with E-state index in [4.69, 9.17) is 14.3 Å². The Morgan fingerprint density at radius 3 is 2.43 bits per heavy atom. The lowest BCUT2D eigenvalue weighted by atomic mass is 10.1. The third kappa shape index (κ3) is 5.34. The summed E-state index contributed by atoms with van der Waals surface area (Å²) < 4.78 is 9.01. The van der Waals surface area contributed by atoms with Crippen molar-refractivity contribution >= 4 is 22.1 Å². The summed E-state index contributed by atoms with van der Waals surface area (Å²) in [6, 6.07) is 8.30. The maximum atomic E-state index is 8.12. The normalized spacial score (nSPS) is 10.0. The lowest BCUT2D eigenvalue weighted by Gasteiger charge is -2.15. The van der Waals surface area contributed by atoms with Crippen molar-refractivity contribution < 1.29 is 14.3 Å². The van der Waals surface area contributed by atoms with Crippen LogP contribution in [-0.2, 0) is 22.6 Å². The first-order chi connectivity index (χ1) is 11.0. The number of ether oxygens (including phenoxy) is 1.